The Kier molecular flexibility index (Phi) is 9.32. The van der Waals surface area contributed by atoms with Crippen molar-refractivity contribution in [3.8, 4) is 11.8 Å². The van der Waals surface area contributed by atoms with Crippen molar-refractivity contribution in [3.63, 3.8) is 0 Å². The standard InChI is InChI=1S/C25H25F6N3O4/c1-2-3-10-36-23(35)33-13-16-4-8-19(9-5-16)37-15-20-14-34(22(38-20)25(29,30)31)18-7-6-17(12-32)21(11-18)24(26,27)28/h4-9,11,20,22H,2-3,10,13-15H2,1H3,(H,33,35)/t20-,22+/m0/s1. The highest BCUT2D eigenvalue weighted by Gasteiger charge is 2.51. The Morgan fingerprint density at radius 3 is 2.47 bits per heavy atom. The first-order valence-corrected chi connectivity index (χ1v) is 11.6. The third-order valence-electron chi connectivity index (χ3n) is 5.57. The van der Waals surface area contributed by atoms with Crippen molar-refractivity contribution in [1.82, 2.24) is 5.32 Å². The highest BCUT2D eigenvalue weighted by molar-refractivity contribution is 5.67. The van der Waals surface area contributed by atoms with E-state index in [9.17, 15) is 31.1 Å². The van der Waals surface area contributed by atoms with Gasteiger partial charge in [0.15, 0.2) is 0 Å². The second-order valence-corrected chi connectivity index (χ2v) is 8.44. The van der Waals surface area contributed by atoms with Gasteiger partial charge in [0.25, 0.3) is 0 Å². The third-order valence-corrected chi connectivity index (χ3v) is 5.57. The molecule has 38 heavy (non-hydrogen) atoms. The number of hydrogen-bond donors (Lipinski definition) is 1. The lowest BCUT2D eigenvalue weighted by atomic mass is 10.1. The summed E-state index contributed by atoms with van der Waals surface area (Å²) in [6.45, 7) is 1.79. The van der Waals surface area contributed by atoms with Gasteiger partial charge in [0.2, 0.25) is 6.23 Å². The van der Waals surface area contributed by atoms with Crippen LogP contribution in [0.3, 0.4) is 0 Å². The number of benzene rings is 2. The zero-order chi connectivity index (χ0) is 27.9. The highest BCUT2D eigenvalue weighted by atomic mass is 19.4. The smallest absolute Gasteiger partial charge is 0.433 e. The molecule has 3 rings (SSSR count). The van der Waals surface area contributed by atoms with E-state index in [2.05, 4.69) is 5.32 Å². The first-order valence-electron chi connectivity index (χ1n) is 11.6. The predicted octanol–water partition coefficient (Wildman–Crippen LogP) is 5.78. The molecule has 2 aromatic carbocycles. The summed E-state index contributed by atoms with van der Waals surface area (Å²) in [6, 6.07) is 10.2. The lowest BCUT2D eigenvalue weighted by Crippen LogP contribution is -2.42. The van der Waals surface area contributed by atoms with Crippen molar-refractivity contribution in [3.05, 3.63) is 59.2 Å². The minimum absolute atomic E-state index is 0.198. The van der Waals surface area contributed by atoms with Crippen molar-refractivity contribution in [2.45, 2.75) is 51.0 Å². The van der Waals surface area contributed by atoms with Gasteiger partial charge in [0.05, 0.1) is 30.3 Å². The SMILES string of the molecule is CCCCOC(=O)NCc1ccc(OC[C@@H]2CN(c3ccc(C#N)c(C(F)(F)F)c3)[C@@H](C(F)(F)F)O2)cc1. The second-order valence-electron chi connectivity index (χ2n) is 8.44. The van der Waals surface area contributed by atoms with Crippen LogP contribution in [-0.2, 0) is 22.2 Å². The zero-order valence-electron chi connectivity index (χ0n) is 20.2. The number of carbonyl (C=O) groups excluding carboxylic acids is 1. The molecule has 1 N–H and O–H groups in total. The average Bonchev–Trinajstić information content (AvgIpc) is 3.31. The minimum atomic E-state index is -4.92. The van der Waals surface area contributed by atoms with Gasteiger partial charge in [-0.3, -0.25) is 0 Å². The molecular weight excluding hydrogens is 520 g/mol. The normalized spacial score (nSPS) is 17.7. The number of carbonyl (C=O) groups is 1. The van der Waals surface area contributed by atoms with Gasteiger partial charge in [-0.05, 0) is 42.3 Å². The molecule has 0 radical (unpaired) electrons. The van der Waals surface area contributed by atoms with Crippen molar-refractivity contribution in [1.29, 1.82) is 5.26 Å². The van der Waals surface area contributed by atoms with Crippen molar-refractivity contribution < 1.29 is 45.3 Å². The molecule has 7 nitrogen and oxygen atoms in total. The molecule has 0 aromatic heterocycles. The van der Waals surface area contributed by atoms with Crippen LogP contribution in [0.2, 0.25) is 0 Å². The first-order chi connectivity index (χ1) is 17.9. The summed E-state index contributed by atoms with van der Waals surface area (Å²) in [5, 5.41) is 11.5. The summed E-state index contributed by atoms with van der Waals surface area (Å²) in [5.41, 5.74) is -1.68. The van der Waals surface area contributed by atoms with E-state index in [0.717, 1.165) is 30.5 Å². The molecule has 2 aromatic rings. The number of nitrogens with zero attached hydrogens (tertiary/aromatic N) is 2. The van der Waals surface area contributed by atoms with E-state index in [-0.39, 0.29) is 18.8 Å². The maximum absolute atomic E-state index is 13.7. The molecule has 2 atom stereocenters. The van der Waals surface area contributed by atoms with Crippen LogP contribution in [-0.4, -0.2) is 44.4 Å². The largest absolute Gasteiger partial charge is 0.491 e. The number of halogens is 6. The van der Waals surface area contributed by atoms with Crippen LogP contribution >= 0.6 is 0 Å². The molecule has 1 aliphatic rings. The average molecular weight is 545 g/mol. The van der Waals surface area contributed by atoms with E-state index in [4.69, 9.17) is 19.5 Å². The monoisotopic (exact) mass is 545 g/mol. The van der Waals surface area contributed by atoms with Crippen molar-refractivity contribution >= 4 is 11.8 Å². The van der Waals surface area contributed by atoms with Gasteiger partial charge in [0, 0.05) is 12.2 Å². The number of nitriles is 1. The molecule has 1 aliphatic heterocycles. The van der Waals surface area contributed by atoms with E-state index in [1.807, 2.05) is 6.92 Å². The van der Waals surface area contributed by atoms with Crippen LogP contribution in [0.25, 0.3) is 0 Å². The fourth-order valence-electron chi connectivity index (χ4n) is 3.67. The Hall–Kier alpha value is -3.66. The topological polar surface area (TPSA) is 83.8 Å². The number of unbranched alkanes of at least 4 members (excludes halogenated alkanes) is 1. The summed E-state index contributed by atoms with van der Waals surface area (Å²) in [7, 11) is 0. The lowest BCUT2D eigenvalue weighted by Gasteiger charge is -2.27. The molecular formula is C25H25F6N3O4. The fourth-order valence-corrected chi connectivity index (χ4v) is 3.67. The molecule has 1 heterocycles. The molecule has 0 bridgehead atoms. The molecule has 0 unspecified atom stereocenters. The Morgan fingerprint density at radius 1 is 1.16 bits per heavy atom. The molecule has 0 saturated carbocycles. The number of ether oxygens (including phenoxy) is 3. The lowest BCUT2D eigenvalue weighted by molar-refractivity contribution is -0.215. The van der Waals surface area contributed by atoms with Crippen molar-refractivity contribution in [2.75, 3.05) is 24.7 Å². The number of alkyl halides is 6. The number of anilines is 1. The van der Waals surface area contributed by atoms with E-state index < -0.39 is 48.4 Å². The van der Waals surface area contributed by atoms with Gasteiger partial charge in [0.1, 0.15) is 18.5 Å². The summed E-state index contributed by atoms with van der Waals surface area (Å²) < 4.78 is 96.6. The minimum Gasteiger partial charge on any atom is -0.491 e. The molecule has 206 valence electrons. The number of alkyl carbamates (subject to hydrolysis) is 1. The van der Waals surface area contributed by atoms with Gasteiger partial charge in [-0.1, -0.05) is 25.5 Å². The van der Waals surface area contributed by atoms with Crippen LogP contribution in [0.1, 0.15) is 36.5 Å². The van der Waals surface area contributed by atoms with Crippen molar-refractivity contribution in [2.24, 2.45) is 0 Å². The fraction of sp³-hybridized carbons (Fsp3) is 0.440. The number of hydrogen-bond acceptors (Lipinski definition) is 6. The summed E-state index contributed by atoms with van der Waals surface area (Å²) in [5.74, 6) is 0.322. The molecule has 0 aliphatic carbocycles. The van der Waals surface area contributed by atoms with Crippen LogP contribution in [0.4, 0.5) is 36.8 Å². The molecule has 1 saturated heterocycles. The second kappa shape index (κ2) is 12.3. The Morgan fingerprint density at radius 2 is 1.87 bits per heavy atom. The molecule has 1 fully saturated rings. The first kappa shape index (κ1) is 28.9. The van der Waals surface area contributed by atoms with E-state index >= 15 is 0 Å². The third kappa shape index (κ3) is 7.67. The van der Waals surface area contributed by atoms with Gasteiger partial charge in [-0.2, -0.15) is 31.6 Å². The van der Waals surface area contributed by atoms with E-state index in [0.29, 0.717) is 23.3 Å². The van der Waals surface area contributed by atoms with Crippen LogP contribution < -0.4 is 15.0 Å². The Bertz CT molecular complexity index is 1130. The van der Waals surface area contributed by atoms with Crippen LogP contribution in [0, 0.1) is 11.3 Å². The van der Waals surface area contributed by atoms with Gasteiger partial charge in [-0.25, -0.2) is 4.79 Å². The Balaban J connectivity index is 1.62. The Labute approximate surface area is 214 Å². The maximum Gasteiger partial charge on any atom is 0.433 e. The van der Waals surface area contributed by atoms with Gasteiger partial charge < -0.3 is 24.4 Å². The summed E-state index contributed by atoms with van der Waals surface area (Å²) in [6.07, 6.45) is -12.3. The van der Waals surface area contributed by atoms with E-state index in [1.54, 1.807) is 24.3 Å². The predicted molar refractivity (Wildman–Crippen MR) is 123 cm³/mol. The van der Waals surface area contributed by atoms with Crippen LogP contribution in [0.15, 0.2) is 42.5 Å². The van der Waals surface area contributed by atoms with Gasteiger partial charge >= 0.3 is 18.4 Å². The number of amides is 1. The molecule has 0 spiro atoms. The van der Waals surface area contributed by atoms with E-state index in [1.165, 1.54) is 6.07 Å². The molecule has 13 heteroatoms. The van der Waals surface area contributed by atoms with Crippen LogP contribution in [0.5, 0.6) is 5.75 Å². The zero-order valence-corrected chi connectivity index (χ0v) is 20.2. The number of rotatable bonds is 9. The quantitative estimate of drug-likeness (QED) is 0.318. The molecule has 1 amide bonds. The van der Waals surface area contributed by atoms with Gasteiger partial charge in [-0.15, -0.1) is 0 Å². The maximum atomic E-state index is 13.7. The summed E-state index contributed by atoms with van der Waals surface area (Å²) in [4.78, 5) is 12.3. The highest BCUT2D eigenvalue weighted by Crippen LogP contribution is 2.39. The number of nitrogens with one attached hydrogen (secondary N) is 1. The summed E-state index contributed by atoms with van der Waals surface area (Å²) >= 11 is 0.